The van der Waals surface area contributed by atoms with Crippen molar-refractivity contribution in [2.75, 3.05) is 0 Å². The zero-order valence-corrected chi connectivity index (χ0v) is 8.82. The molecular weight excluding hydrogens is 180 g/mol. The molecule has 0 aliphatic rings. The largest absolute Gasteiger partial charge is 0.548 e. The summed E-state index contributed by atoms with van der Waals surface area (Å²) >= 11 is 0. The van der Waals surface area contributed by atoms with Crippen LogP contribution in [0.2, 0.25) is 13.1 Å². The molecule has 2 nitrogen and oxygen atoms in total. The second kappa shape index (κ2) is 4.72. The number of hydrogen-bond donors (Lipinski definition) is 1. The van der Waals surface area contributed by atoms with Crippen molar-refractivity contribution in [2.24, 2.45) is 0 Å². The van der Waals surface area contributed by atoms with E-state index in [9.17, 15) is 5.11 Å². The molecule has 0 spiro atoms. The second-order valence-corrected chi connectivity index (χ2v) is 4.94. The van der Waals surface area contributed by atoms with Gasteiger partial charge in [-0.1, -0.05) is 18.2 Å². The van der Waals surface area contributed by atoms with Crippen LogP contribution in [0.5, 0.6) is 5.75 Å². The molecule has 1 rings (SSSR count). The van der Waals surface area contributed by atoms with Gasteiger partial charge in [0.2, 0.25) is 0 Å². The summed E-state index contributed by atoms with van der Waals surface area (Å²) in [6.45, 7) is 4.11. The summed E-state index contributed by atoms with van der Waals surface area (Å²) in [5.74, 6) is 0.281. The predicted molar refractivity (Wildman–Crippen MR) is 55.7 cm³/mol. The Hall–Kier alpha value is -1.22. The molecule has 13 heavy (non-hydrogen) atoms. The maximum absolute atomic E-state index is 9.38. The lowest BCUT2D eigenvalue weighted by molar-refractivity contribution is 0.473. The van der Waals surface area contributed by atoms with Crippen molar-refractivity contribution >= 4 is 15.1 Å². The first-order chi connectivity index (χ1) is 6.20. The van der Waals surface area contributed by atoms with Gasteiger partial charge in [0.15, 0.2) is 0 Å². The molecule has 0 aromatic heterocycles. The van der Waals surface area contributed by atoms with Crippen LogP contribution in [0.25, 0.3) is 6.08 Å². The van der Waals surface area contributed by atoms with E-state index in [-0.39, 0.29) is 5.75 Å². The number of rotatable bonds is 3. The van der Waals surface area contributed by atoms with Gasteiger partial charge in [0.05, 0.1) is 6.26 Å². The van der Waals surface area contributed by atoms with Gasteiger partial charge in [0.1, 0.15) is 5.75 Å². The summed E-state index contributed by atoms with van der Waals surface area (Å²) in [4.78, 5) is 0. The van der Waals surface area contributed by atoms with Crippen LogP contribution in [0.4, 0.5) is 0 Å². The Morgan fingerprint density at radius 1 is 1.31 bits per heavy atom. The molecule has 0 amide bonds. The molecule has 1 aromatic carbocycles. The van der Waals surface area contributed by atoms with Crippen LogP contribution in [0.3, 0.4) is 0 Å². The third-order valence-electron chi connectivity index (χ3n) is 1.49. The Kier molecular flexibility index (Phi) is 3.58. The first kappa shape index (κ1) is 9.86. The summed E-state index contributed by atoms with van der Waals surface area (Å²) in [5.41, 5.74) is 0.783. The lowest BCUT2D eigenvalue weighted by atomic mass is 10.2. The zero-order valence-electron chi connectivity index (χ0n) is 7.82. The Labute approximate surface area is 80.2 Å². The highest BCUT2D eigenvalue weighted by molar-refractivity contribution is 6.48. The predicted octanol–water partition coefficient (Wildman–Crippen LogP) is 2.63. The zero-order chi connectivity index (χ0) is 9.68. The molecule has 1 N–H and O–H groups in total. The Balaban J connectivity index is 2.63. The fourth-order valence-electron chi connectivity index (χ4n) is 0.872. The molecule has 0 saturated heterocycles. The fraction of sp³-hybridized carbons (Fsp3) is 0.200. The lowest BCUT2D eigenvalue weighted by Gasteiger charge is -2.01. The van der Waals surface area contributed by atoms with Crippen molar-refractivity contribution in [3.63, 3.8) is 0 Å². The van der Waals surface area contributed by atoms with Crippen LogP contribution in [0.15, 0.2) is 30.5 Å². The molecule has 0 aliphatic carbocycles. The van der Waals surface area contributed by atoms with Gasteiger partial charge in [-0.05, 0) is 25.2 Å². The number of phenolic OH excluding ortho intramolecular Hbond substituents is 1. The van der Waals surface area contributed by atoms with Gasteiger partial charge in [0.25, 0.3) is 9.04 Å². The molecule has 0 saturated carbocycles. The highest BCUT2D eigenvalue weighted by Gasteiger charge is 1.95. The van der Waals surface area contributed by atoms with E-state index < -0.39 is 9.04 Å². The number of hydrogen-bond acceptors (Lipinski definition) is 2. The molecule has 1 aromatic rings. The summed E-state index contributed by atoms with van der Waals surface area (Å²) < 4.78 is 5.31. The second-order valence-electron chi connectivity index (χ2n) is 2.89. The van der Waals surface area contributed by atoms with Crippen molar-refractivity contribution in [3.8, 4) is 5.75 Å². The number of para-hydroxylation sites is 1. The fourth-order valence-corrected chi connectivity index (χ4v) is 1.21. The molecule has 0 atom stereocenters. The van der Waals surface area contributed by atoms with E-state index in [1.807, 2.05) is 12.1 Å². The minimum Gasteiger partial charge on any atom is -0.548 e. The van der Waals surface area contributed by atoms with E-state index in [0.29, 0.717) is 0 Å². The molecule has 3 heteroatoms. The molecule has 0 aliphatic heterocycles. The smallest absolute Gasteiger partial charge is 0.273 e. The van der Waals surface area contributed by atoms with E-state index in [1.54, 1.807) is 24.5 Å². The Morgan fingerprint density at radius 2 is 2.00 bits per heavy atom. The first-order valence-electron chi connectivity index (χ1n) is 4.11. The standard InChI is InChI=1S/C10H13O2Si/c1-13(2)12-8-7-9-5-3-4-6-10(9)11/h3-8,11H,1-2H3. The SMILES string of the molecule is C[Si](C)OC=Cc1ccccc1O. The van der Waals surface area contributed by atoms with Crippen molar-refractivity contribution in [2.45, 2.75) is 13.1 Å². The normalized spacial score (nSPS) is 11.0. The first-order valence-corrected chi connectivity index (χ1v) is 6.52. The van der Waals surface area contributed by atoms with Gasteiger partial charge >= 0.3 is 0 Å². The van der Waals surface area contributed by atoms with Crippen LogP contribution in [0.1, 0.15) is 5.56 Å². The topological polar surface area (TPSA) is 29.5 Å². The molecular formula is C10H13O2Si. The molecule has 1 radical (unpaired) electrons. The summed E-state index contributed by atoms with van der Waals surface area (Å²) in [6.07, 6.45) is 3.41. The summed E-state index contributed by atoms with van der Waals surface area (Å²) in [7, 11) is -0.685. The van der Waals surface area contributed by atoms with Crippen LogP contribution in [-0.2, 0) is 4.43 Å². The summed E-state index contributed by atoms with van der Waals surface area (Å²) in [6, 6.07) is 7.17. The highest BCUT2D eigenvalue weighted by atomic mass is 28.3. The van der Waals surface area contributed by atoms with E-state index in [1.165, 1.54) is 0 Å². The maximum atomic E-state index is 9.38. The molecule has 69 valence electrons. The van der Waals surface area contributed by atoms with Gasteiger partial charge in [-0.25, -0.2) is 0 Å². The van der Waals surface area contributed by atoms with Gasteiger partial charge < -0.3 is 9.53 Å². The van der Waals surface area contributed by atoms with Crippen molar-refractivity contribution in [1.82, 2.24) is 0 Å². The van der Waals surface area contributed by atoms with E-state index in [0.717, 1.165) is 5.56 Å². The minimum atomic E-state index is -0.685. The van der Waals surface area contributed by atoms with E-state index in [4.69, 9.17) is 4.43 Å². The van der Waals surface area contributed by atoms with Gasteiger partial charge in [-0.2, -0.15) is 0 Å². The Bertz CT molecular complexity index is 295. The molecule has 0 fully saturated rings. The number of benzene rings is 1. The highest BCUT2D eigenvalue weighted by Crippen LogP contribution is 2.16. The van der Waals surface area contributed by atoms with Crippen molar-refractivity contribution in [1.29, 1.82) is 0 Å². The van der Waals surface area contributed by atoms with Crippen LogP contribution in [-0.4, -0.2) is 14.1 Å². The summed E-state index contributed by atoms with van der Waals surface area (Å²) in [5, 5.41) is 9.38. The third-order valence-corrected chi connectivity index (χ3v) is 2.10. The lowest BCUT2D eigenvalue weighted by Crippen LogP contribution is -2.00. The van der Waals surface area contributed by atoms with Gasteiger partial charge in [-0.15, -0.1) is 0 Å². The number of phenols is 1. The number of aromatic hydroxyl groups is 1. The van der Waals surface area contributed by atoms with Crippen LogP contribution >= 0.6 is 0 Å². The Morgan fingerprint density at radius 3 is 2.62 bits per heavy atom. The third kappa shape index (κ3) is 3.34. The van der Waals surface area contributed by atoms with Crippen molar-refractivity contribution < 1.29 is 9.53 Å². The van der Waals surface area contributed by atoms with E-state index >= 15 is 0 Å². The average molecular weight is 193 g/mol. The van der Waals surface area contributed by atoms with Crippen molar-refractivity contribution in [3.05, 3.63) is 36.1 Å². The van der Waals surface area contributed by atoms with Crippen LogP contribution in [0, 0.1) is 0 Å². The van der Waals surface area contributed by atoms with Gasteiger partial charge in [0, 0.05) is 5.56 Å². The molecule has 0 heterocycles. The van der Waals surface area contributed by atoms with Gasteiger partial charge in [-0.3, -0.25) is 0 Å². The quantitative estimate of drug-likeness (QED) is 0.590. The maximum Gasteiger partial charge on any atom is 0.273 e. The minimum absolute atomic E-state index is 0.281. The molecule has 0 unspecified atom stereocenters. The van der Waals surface area contributed by atoms with E-state index in [2.05, 4.69) is 13.1 Å². The average Bonchev–Trinajstić information content (AvgIpc) is 2.08. The monoisotopic (exact) mass is 193 g/mol. The molecule has 0 bridgehead atoms. The van der Waals surface area contributed by atoms with Crippen LogP contribution < -0.4 is 0 Å².